The van der Waals surface area contributed by atoms with E-state index in [1.165, 1.54) is 0 Å². The second kappa shape index (κ2) is 6.37. The predicted molar refractivity (Wildman–Crippen MR) is 96.1 cm³/mol. The molecule has 0 radical (unpaired) electrons. The molecular weight excluding hydrogens is 314 g/mol. The molecule has 128 valence electrons. The Balaban J connectivity index is 1.61. The molecule has 1 aliphatic rings. The molecule has 1 saturated heterocycles. The fourth-order valence-electron chi connectivity index (χ4n) is 3.49. The Hall–Kier alpha value is -2.60. The number of hydrogen-bond donors (Lipinski definition) is 0. The van der Waals surface area contributed by atoms with Gasteiger partial charge in [-0.1, -0.05) is 12.1 Å². The number of carbonyl (C=O) groups is 1. The zero-order valence-electron chi connectivity index (χ0n) is 14.5. The van der Waals surface area contributed by atoms with Crippen molar-refractivity contribution in [3.63, 3.8) is 0 Å². The number of carbonyl (C=O) groups excluding carboxylic acids is 1. The van der Waals surface area contributed by atoms with Gasteiger partial charge < -0.3 is 0 Å². The molecule has 0 amide bonds. The SMILES string of the molecule is CN1CCC[C@@H]1C(=O)Cc1ncc2ccc(-c3cnn(C)c3)cc2n1. The minimum atomic E-state index is 0.0148. The molecule has 0 N–H and O–H groups in total. The molecule has 1 aromatic carbocycles. The van der Waals surface area contributed by atoms with Crippen molar-refractivity contribution in [2.24, 2.45) is 7.05 Å². The summed E-state index contributed by atoms with van der Waals surface area (Å²) in [4.78, 5) is 23.7. The van der Waals surface area contributed by atoms with E-state index < -0.39 is 0 Å². The van der Waals surface area contributed by atoms with Crippen LogP contribution in [0.4, 0.5) is 0 Å². The number of likely N-dealkylation sites (N-methyl/N-ethyl adjacent to an activating group) is 1. The van der Waals surface area contributed by atoms with Gasteiger partial charge in [-0.2, -0.15) is 5.10 Å². The summed E-state index contributed by atoms with van der Waals surface area (Å²) in [5.74, 6) is 0.809. The summed E-state index contributed by atoms with van der Waals surface area (Å²) < 4.78 is 1.78. The summed E-state index contributed by atoms with van der Waals surface area (Å²) in [5, 5.41) is 5.19. The van der Waals surface area contributed by atoms with Crippen LogP contribution in [0.1, 0.15) is 18.7 Å². The van der Waals surface area contributed by atoms with Gasteiger partial charge in [-0.25, -0.2) is 9.97 Å². The predicted octanol–water partition coefficient (Wildman–Crippen LogP) is 2.24. The van der Waals surface area contributed by atoms with Gasteiger partial charge in [-0.3, -0.25) is 14.4 Å². The third-order valence-corrected chi connectivity index (χ3v) is 4.90. The average molecular weight is 335 g/mol. The molecule has 6 heteroatoms. The molecule has 1 aliphatic heterocycles. The lowest BCUT2D eigenvalue weighted by atomic mass is 10.1. The summed E-state index contributed by atoms with van der Waals surface area (Å²) in [5.41, 5.74) is 2.97. The van der Waals surface area contributed by atoms with E-state index in [0.29, 0.717) is 12.2 Å². The minimum absolute atomic E-state index is 0.0148. The molecule has 1 fully saturated rings. The Morgan fingerprint density at radius 2 is 2.12 bits per heavy atom. The molecular formula is C19H21N5O. The van der Waals surface area contributed by atoms with Crippen LogP contribution in [0.3, 0.4) is 0 Å². The fraction of sp³-hybridized carbons (Fsp3) is 0.368. The van der Waals surface area contributed by atoms with E-state index in [0.717, 1.165) is 41.4 Å². The Morgan fingerprint density at radius 3 is 2.84 bits per heavy atom. The van der Waals surface area contributed by atoms with E-state index in [2.05, 4.69) is 20.0 Å². The molecule has 0 aliphatic carbocycles. The first-order chi connectivity index (χ1) is 12.1. The monoisotopic (exact) mass is 335 g/mol. The highest BCUT2D eigenvalue weighted by Gasteiger charge is 2.27. The quantitative estimate of drug-likeness (QED) is 0.732. The zero-order valence-corrected chi connectivity index (χ0v) is 14.5. The Morgan fingerprint density at radius 1 is 1.24 bits per heavy atom. The first-order valence-electron chi connectivity index (χ1n) is 8.58. The maximum absolute atomic E-state index is 12.5. The zero-order chi connectivity index (χ0) is 17.4. The summed E-state index contributed by atoms with van der Waals surface area (Å²) in [7, 11) is 3.91. The minimum Gasteiger partial charge on any atom is -0.297 e. The molecule has 4 rings (SSSR count). The van der Waals surface area contributed by atoms with E-state index >= 15 is 0 Å². The largest absolute Gasteiger partial charge is 0.297 e. The number of likely N-dealkylation sites (tertiary alicyclic amines) is 1. The van der Waals surface area contributed by atoms with Crippen LogP contribution in [0.25, 0.3) is 22.0 Å². The number of Topliss-reactive ketones (excluding diaryl/α,β-unsaturated/α-hetero) is 1. The van der Waals surface area contributed by atoms with Gasteiger partial charge in [0.05, 0.1) is 24.2 Å². The molecule has 0 unspecified atom stereocenters. The van der Waals surface area contributed by atoms with E-state index in [1.54, 1.807) is 10.9 Å². The number of fused-ring (bicyclic) bond motifs is 1. The number of benzene rings is 1. The number of nitrogens with zero attached hydrogens (tertiary/aromatic N) is 5. The number of aromatic nitrogens is 4. The van der Waals surface area contributed by atoms with Gasteiger partial charge in [0.25, 0.3) is 0 Å². The standard InChI is InChI=1S/C19H21N5O/c1-23-7-3-4-17(23)18(25)9-19-20-10-14-6-5-13(8-16(14)22-19)15-11-21-24(2)12-15/h5-6,8,10-12,17H,3-4,7,9H2,1-2H3/t17-/m1/s1. The molecule has 1 atom stereocenters. The van der Waals surface area contributed by atoms with Crippen molar-refractivity contribution in [1.29, 1.82) is 0 Å². The fourth-order valence-corrected chi connectivity index (χ4v) is 3.49. The molecule has 0 bridgehead atoms. The molecule has 25 heavy (non-hydrogen) atoms. The topological polar surface area (TPSA) is 63.9 Å². The summed E-state index contributed by atoms with van der Waals surface area (Å²) in [6.45, 7) is 0.990. The van der Waals surface area contributed by atoms with E-state index in [9.17, 15) is 4.79 Å². The normalized spacial score (nSPS) is 18.1. The summed E-state index contributed by atoms with van der Waals surface area (Å²) in [6.07, 6.45) is 7.93. The van der Waals surface area contributed by atoms with Crippen LogP contribution in [-0.4, -0.2) is 50.1 Å². The van der Waals surface area contributed by atoms with Crippen LogP contribution >= 0.6 is 0 Å². The van der Waals surface area contributed by atoms with Gasteiger partial charge in [-0.15, -0.1) is 0 Å². The Bertz CT molecular complexity index is 932. The van der Waals surface area contributed by atoms with Crippen molar-refractivity contribution in [1.82, 2.24) is 24.6 Å². The van der Waals surface area contributed by atoms with E-state index in [4.69, 9.17) is 0 Å². The number of hydrogen-bond acceptors (Lipinski definition) is 5. The van der Waals surface area contributed by atoms with Gasteiger partial charge in [0.2, 0.25) is 0 Å². The summed E-state index contributed by atoms with van der Waals surface area (Å²) in [6, 6.07) is 6.10. The number of ketones is 1. The Labute approximate surface area is 146 Å². The second-order valence-electron chi connectivity index (χ2n) is 6.74. The molecule has 3 aromatic rings. The van der Waals surface area contributed by atoms with Crippen molar-refractivity contribution in [3.8, 4) is 11.1 Å². The third kappa shape index (κ3) is 3.17. The van der Waals surface area contributed by atoms with Crippen molar-refractivity contribution >= 4 is 16.7 Å². The third-order valence-electron chi connectivity index (χ3n) is 4.90. The maximum Gasteiger partial charge on any atom is 0.157 e. The van der Waals surface area contributed by atoms with Crippen LogP contribution in [0.5, 0.6) is 0 Å². The van der Waals surface area contributed by atoms with E-state index in [1.807, 2.05) is 44.7 Å². The summed E-state index contributed by atoms with van der Waals surface area (Å²) >= 11 is 0. The van der Waals surface area contributed by atoms with Gasteiger partial charge in [0.15, 0.2) is 5.78 Å². The number of rotatable bonds is 4. The molecule has 0 saturated carbocycles. The second-order valence-corrected chi connectivity index (χ2v) is 6.74. The van der Waals surface area contributed by atoms with Gasteiger partial charge in [-0.05, 0) is 38.1 Å². The number of aryl methyl sites for hydroxylation is 1. The van der Waals surface area contributed by atoms with Crippen LogP contribution in [-0.2, 0) is 18.3 Å². The van der Waals surface area contributed by atoms with Crippen LogP contribution < -0.4 is 0 Å². The van der Waals surface area contributed by atoms with Crippen LogP contribution in [0, 0.1) is 0 Å². The van der Waals surface area contributed by atoms with Crippen molar-refractivity contribution in [2.75, 3.05) is 13.6 Å². The molecule has 3 heterocycles. The van der Waals surface area contributed by atoms with Crippen LogP contribution in [0.15, 0.2) is 36.8 Å². The highest BCUT2D eigenvalue weighted by atomic mass is 16.1. The van der Waals surface area contributed by atoms with Gasteiger partial charge in [0.1, 0.15) is 5.82 Å². The average Bonchev–Trinajstić information content (AvgIpc) is 3.22. The van der Waals surface area contributed by atoms with Crippen molar-refractivity contribution in [2.45, 2.75) is 25.3 Å². The smallest absolute Gasteiger partial charge is 0.157 e. The first kappa shape index (κ1) is 15.9. The Kier molecular flexibility index (Phi) is 4.05. The molecule has 2 aromatic heterocycles. The lowest BCUT2D eigenvalue weighted by Gasteiger charge is -2.17. The van der Waals surface area contributed by atoms with Gasteiger partial charge >= 0.3 is 0 Å². The lowest BCUT2D eigenvalue weighted by Crippen LogP contribution is -2.34. The highest BCUT2D eigenvalue weighted by Crippen LogP contribution is 2.23. The van der Waals surface area contributed by atoms with Crippen molar-refractivity contribution in [3.05, 3.63) is 42.6 Å². The van der Waals surface area contributed by atoms with Crippen molar-refractivity contribution < 1.29 is 4.79 Å². The van der Waals surface area contributed by atoms with Gasteiger partial charge in [0, 0.05) is 30.4 Å². The van der Waals surface area contributed by atoms with Crippen LogP contribution in [0.2, 0.25) is 0 Å². The molecule has 6 nitrogen and oxygen atoms in total. The maximum atomic E-state index is 12.5. The highest BCUT2D eigenvalue weighted by molar-refractivity contribution is 5.87. The first-order valence-corrected chi connectivity index (χ1v) is 8.58. The van der Waals surface area contributed by atoms with E-state index in [-0.39, 0.29) is 11.8 Å². The molecule has 0 spiro atoms. The lowest BCUT2D eigenvalue weighted by molar-refractivity contribution is -0.122.